The number of carbonyl (C=O) groups excluding carboxylic acids is 1. The highest BCUT2D eigenvalue weighted by atomic mass is 35.5. The molecule has 166 valence electrons. The summed E-state index contributed by atoms with van der Waals surface area (Å²) in [5.74, 6) is -0.179. The van der Waals surface area contributed by atoms with Crippen LogP contribution in [-0.4, -0.2) is 28.0 Å². The Labute approximate surface area is 199 Å². The van der Waals surface area contributed by atoms with Crippen LogP contribution in [0.15, 0.2) is 95.1 Å². The average molecular weight is 457 g/mol. The van der Waals surface area contributed by atoms with E-state index in [2.05, 4.69) is 26.0 Å². The Morgan fingerprint density at radius 1 is 0.879 bits per heavy atom. The van der Waals surface area contributed by atoms with E-state index in [1.165, 1.54) is 0 Å². The van der Waals surface area contributed by atoms with E-state index in [1.54, 1.807) is 29.3 Å². The molecule has 1 amide bonds. The molecule has 2 aliphatic rings. The predicted molar refractivity (Wildman–Crippen MR) is 134 cm³/mol. The lowest BCUT2D eigenvalue weighted by Crippen LogP contribution is -2.63. The molecule has 6 heteroatoms. The van der Waals surface area contributed by atoms with Gasteiger partial charge in [-0.25, -0.2) is 10.0 Å². The second-order valence-corrected chi connectivity index (χ2v) is 9.42. The zero-order valence-corrected chi connectivity index (χ0v) is 19.6. The van der Waals surface area contributed by atoms with Crippen LogP contribution < -0.4 is 5.01 Å². The van der Waals surface area contributed by atoms with E-state index < -0.39 is 11.1 Å². The van der Waals surface area contributed by atoms with Crippen LogP contribution in [0.4, 0.5) is 5.69 Å². The Bertz CT molecular complexity index is 1250. The maximum atomic E-state index is 13.9. The molecule has 0 radical (unpaired) electrons. The van der Waals surface area contributed by atoms with Crippen LogP contribution in [0.2, 0.25) is 5.02 Å². The fourth-order valence-electron chi connectivity index (χ4n) is 4.67. The summed E-state index contributed by atoms with van der Waals surface area (Å²) in [6.07, 6.45) is 0.541. The fraction of sp³-hybridized carbons (Fsp3) is 0.222. The van der Waals surface area contributed by atoms with Crippen molar-refractivity contribution in [2.75, 3.05) is 5.01 Å². The fourth-order valence-corrected chi connectivity index (χ4v) is 4.79. The minimum Gasteiger partial charge on any atom is -0.267 e. The van der Waals surface area contributed by atoms with Crippen molar-refractivity contribution in [2.24, 2.45) is 15.6 Å². The number of amides is 1. The zero-order chi connectivity index (χ0) is 23.2. The summed E-state index contributed by atoms with van der Waals surface area (Å²) in [7, 11) is 0. The van der Waals surface area contributed by atoms with E-state index in [1.807, 2.05) is 60.5 Å². The van der Waals surface area contributed by atoms with E-state index in [9.17, 15) is 4.79 Å². The van der Waals surface area contributed by atoms with Gasteiger partial charge < -0.3 is 0 Å². The van der Waals surface area contributed by atoms with Gasteiger partial charge in [0.1, 0.15) is 0 Å². The third kappa shape index (κ3) is 3.26. The lowest BCUT2D eigenvalue weighted by Gasteiger charge is -2.47. The molecule has 3 aromatic carbocycles. The molecular formula is C27H25ClN4O. The van der Waals surface area contributed by atoms with Gasteiger partial charge in [-0.1, -0.05) is 74.0 Å². The predicted octanol–water partition coefficient (Wildman–Crippen LogP) is 6.21. The Hall–Kier alpha value is -3.44. The van der Waals surface area contributed by atoms with Gasteiger partial charge in [0.2, 0.25) is 0 Å². The van der Waals surface area contributed by atoms with Crippen molar-refractivity contribution in [3.8, 4) is 0 Å². The van der Waals surface area contributed by atoms with Crippen molar-refractivity contribution >= 4 is 34.6 Å². The highest BCUT2D eigenvalue weighted by molar-refractivity contribution is 6.30. The molecule has 0 saturated carbocycles. The molecule has 2 aliphatic heterocycles. The van der Waals surface area contributed by atoms with Crippen LogP contribution in [0.5, 0.6) is 0 Å². The highest BCUT2D eigenvalue weighted by Gasteiger charge is 2.64. The van der Waals surface area contributed by atoms with Crippen molar-refractivity contribution < 1.29 is 4.79 Å². The van der Waals surface area contributed by atoms with E-state index in [0.29, 0.717) is 17.0 Å². The molecule has 3 aromatic rings. The Balaban J connectivity index is 1.69. The molecule has 0 aromatic heterocycles. The molecule has 0 bridgehead atoms. The van der Waals surface area contributed by atoms with Crippen LogP contribution in [0.1, 0.15) is 43.1 Å². The topological polar surface area (TPSA) is 48.3 Å². The molecule has 1 unspecified atom stereocenters. The Morgan fingerprint density at radius 2 is 1.48 bits per heavy atom. The van der Waals surface area contributed by atoms with Crippen molar-refractivity contribution in [3.63, 3.8) is 0 Å². The minimum absolute atomic E-state index is 0.179. The molecule has 0 saturated heterocycles. The van der Waals surface area contributed by atoms with Gasteiger partial charge in [0.05, 0.1) is 16.8 Å². The largest absolute Gasteiger partial charge is 0.276 e. The van der Waals surface area contributed by atoms with Gasteiger partial charge in [-0.2, -0.15) is 10.2 Å². The third-order valence-corrected chi connectivity index (χ3v) is 7.13. The van der Waals surface area contributed by atoms with Crippen LogP contribution in [0.25, 0.3) is 0 Å². The quantitative estimate of drug-likeness (QED) is 0.470. The molecule has 0 aliphatic carbocycles. The number of hydrazone groups is 2. The number of anilines is 1. The van der Waals surface area contributed by atoms with Gasteiger partial charge in [-0.05, 0) is 48.9 Å². The van der Waals surface area contributed by atoms with Crippen molar-refractivity contribution in [1.82, 2.24) is 5.01 Å². The molecule has 33 heavy (non-hydrogen) atoms. The molecule has 1 atom stereocenters. The molecule has 0 fully saturated rings. The number of nitrogens with zero attached hydrogens (tertiary/aromatic N) is 4. The summed E-state index contributed by atoms with van der Waals surface area (Å²) in [5.41, 5.74) is 2.99. The summed E-state index contributed by atoms with van der Waals surface area (Å²) in [6, 6.07) is 27.1. The number of hydrogen-bond donors (Lipinski definition) is 0. The summed E-state index contributed by atoms with van der Waals surface area (Å²) in [6.45, 7) is 6.27. The average Bonchev–Trinajstić information content (AvgIpc) is 3.33. The first-order valence-electron chi connectivity index (χ1n) is 11.0. The molecule has 0 N–H and O–H groups in total. The van der Waals surface area contributed by atoms with E-state index in [-0.39, 0.29) is 5.91 Å². The van der Waals surface area contributed by atoms with Gasteiger partial charge in [0.15, 0.2) is 5.66 Å². The monoisotopic (exact) mass is 456 g/mol. The molecule has 2 heterocycles. The summed E-state index contributed by atoms with van der Waals surface area (Å²) < 4.78 is 0. The van der Waals surface area contributed by atoms with Crippen LogP contribution >= 0.6 is 11.6 Å². The maximum Gasteiger partial charge on any atom is 0.276 e. The number of para-hydroxylation sites is 1. The smallest absolute Gasteiger partial charge is 0.267 e. The zero-order valence-electron chi connectivity index (χ0n) is 18.9. The lowest BCUT2D eigenvalue weighted by molar-refractivity contribution is 0.0358. The van der Waals surface area contributed by atoms with E-state index in [4.69, 9.17) is 21.8 Å². The van der Waals surface area contributed by atoms with Crippen molar-refractivity contribution in [3.05, 3.63) is 101 Å². The number of carbonyl (C=O) groups is 1. The Kier molecular flexibility index (Phi) is 5.09. The molecule has 5 rings (SSSR count). The first-order valence-corrected chi connectivity index (χ1v) is 11.4. The van der Waals surface area contributed by atoms with Gasteiger partial charge >= 0.3 is 0 Å². The minimum atomic E-state index is -0.833. The van der Waals surface area contributed by atoms with Gasteiger partial charge in [-0.3, -0.25) is 4.79 Å². The molecule has 5 nitrogen and oxygen atoms in total. The van der Waals surface area contributed by atoms with Crippen LogP contribution in [-0.2, 0) is 0 Å². The van der Waals surface area contributed by atoms with E-state index >= 15 is 0 Å². The summed E-state index contributed by atoms with van der Waals surface area (Å²) in [4.78, 5) is 13.9. The Morgan fingerprint density at radius 3 is 2.12 bits per heavy atom. The van der Waals surface area contributed by atoms with E-state index in [0.717, 1.165) is 22.7 Å². The first-order chi connectivity index (χ1) is 15.8. The summed E-state index contributed by atoms with van der Waals surface area (Å²) in [5, 5.41) is 14.1. The van der Waals surface area contributed by atoms with Crippen LogP contribution in [0, 0.1) is 5.41 Å². The first kappa shape index (κ1) is 21.4. The van der Waals surface area contributed by atoms with Crippen molar-refractivity contribution in [1.29, 1.82) is 0 Å². The van der Waals surface area contributed by atoms with Gasteiger partial charge in [-0.15, -0.1) is 0 Å². The molecular weight excluding hydrogens is 432 g/mol. The third-order valence-electron chi connectivity index (χ3n) is 6.88. The van der Waals surface area contributed by atoms with Crippen molar-refractivity contribution in [2.45, 2.75) is 32.9 Å². The normalized spacial score (nSPS) is 21.3. The SMILES string of the molecule is CC1=NN(C(=O)c2ccc(Cl)cc2)C2(CC(c3ccccc3)=NN2c2ccccc2)C1(C)C. The number of benzene rings is 3. The van der Waals surface area contributed by atoms with Gasteiger partial charge in [0, 0.05) is 22.7 Å². The van der Waals surface area contributed by atoms with Gasteiger partial charge in [0.25, 0.3) is 5.91 Å². The summed E-state index contributed by atoms with van der Waals surface area (Å²) >= 11 is 6.08. The molecule has 1 spiro atoms. The number of rotatable bonds is 3. The van der Waals surface area contributed by atoms with Crippen LogP contribution in [0.3, 0.4) is 0 Å². The maximum absolute atomic E-state index is 13.9. The standard InChI is InChI=1S/C27H25ClN4O/c1-19-26(2,3)27(32(29-19)25(33)21-14-16-22(28)17-15-21)18-24(20-10-6-4-7-11-20)30-31(27)23-12-8-5-9-13-23/h4-17H,18H2,1-3H3. The number of hydrogen-bond acceptors (Lipinski definition) is 4. The highest BCUT2D eigenvalue weighted by Crippen LogP contribution is 2.53. The second kappa shape index (κ2) is 7.85. The second-order valence-electron chi connectivity index (χ2n) is 8.99. The lowest BCUT2D eigenvalue weighted by atomic mass is 9.72. The number of halogens is 1.